The van der Waals surface area contributed by atoms with Crippen molar-refractivity contribution < 1.29 is 8.42 Å². The van der Waals surface area contributed by atoms with Crippen LogP contribution in [0.15, 0.2) is 0 Å². The Morgan fingerprint density at radius 2 is 1.88 bits per heavy atom. The first kappa shape index (κ1) is 13.3. The molecule has 0 aliphatic carbocycles. The van der Waals surface area contributed by atoms with Gasteiger partial charge in [-0.1, -0.05) is 13.8 Å². The van der Waals surface area contributed by atoms with Crippen molar-refractivity contribution in [3.05, 3.63) is 0 Å². The topological polar surface area (TPSA) is 49.4 Å². The Labute approximate surface area is 105 Å². The maximum absolute atomic E-state index is 11.8. The second kappa shape index (κ2) is 5.24. The minimum Gasteiger partial charge on any atom is -0.311 e. The Balaban J connectivity index is 2.00. The summed E-state index contributed by atoms with van der Waals surface area (Å²) in [5, 5.41) is 3.44. The molecule has 0 amide bonds. The lowest BCUT2D eigenvalue weighted by Crippen LogP contribution is -2.49. The lowest BCUT2D eigenvalue weighted by molar-refractivity contribution is 0.224. The van der Waals surface area contributed by atoms with E-state index in [1.54, 1.807) is 0 Å². The van der Waals surface area contributed by atoms with Gasteiger partial charge in [-0.3, -0.25) is 4.90 Å². The summed E-state index contributed by atoms with van der Waals surface area (Å²) in [6, 6.07) is 0.349. The van der Waals surface area contributed by atoms with E-state index in [4.69, 9.17) is 0 Å². The number of rotatable bonds is 4. The van der Waals surface area contributed by atoms with Gasteiger partial charge >= 0.3 is 0 Å². The molecule has 2 unspecified atom stereocenters. The second-order valence-electron chi connectivity index (χ2n) is 5.80. The molecule has 2 aliphatic rings. The molecular formula is C12H24N2O2S. The van der Waals surface area contributed by atoms with E-state index in [9.17, 15) is 8.42 Å². The zero-order valence-electron chi connectivity index (χ0n) is 10.9. The van der Waals surface area contributed by atoms with Crippen LogP contribution in [-0.2, 0) is 9.84 Å². The zero-order valence-corrected chi connectivity index (χ0v) is 11.7. The van der Waals surface area contributed by atoms with Gasteiger partial charge in [0.2, 0.25) is 0 Å². The van der Waals surface area contributed by atoms with E-state index in [0.29, 0.717) is 17.4 Å². The van der Waals surface area contributed by atoms with Crippen LogP contribution in [0.4, 0.5) is 0 Å². The number of nitrogens with zero attached hydrogens (tertiary/aromatic N) is 1. The third-order valence-electron chi connectivity index (χ3n) is 3.72. The van der Waals surface area contributed by atoms with Crippen molar-refractivity contribution in [1.82, 2.24) is 10.2 Å². The van der Waals surface area contributed by atoms with E-state index in [1.807, 2.05) is 0 Å². The van der Waals surface area contributed by atoms with Gasteiger partial charge in [0.1, 0.15) is 0 Å². The van der Waals surface area contributed by atoms with Crippen LogP contribution >= 0.6 is 0 Å². The first-order valence-electron chi connectivity index (χ1n) is 6.66. The first-order chi connectivity index (χ1) is 7.98. The van der Waals surface area contributed by atoms with E-state index < -0.39 is 9.84 Å². The van der Waals surface area contributed by atoms with Crippen LogP contribution in [0.25, 0.3) is 0 Å². The van der Waals surface area contributed by atoms with Gasteiger partial charge in [-0.05, 0) is 38.4 Å². The summed E-state index contributed by atoms with van der Waals surface area (Å²) < 4.78 is 23.6. The van der Waals surface area contributed by atoms with Gasteiger partial charge in [0.15, 0.2) is 9.84 Å². The molecule has 4 nitrogen and oxygen atoms in total. The first-order valence-corrected chi connectivity index (χ1v) is 8.48. The van der Waals surface area contributed by atoms with E-state index in [2.05, 4.69) is 24.1 Å². The number of sulfone groups is 1. The summed E-state index contributed by atoms with van der Waals surface area (Å²) >= 11 is 0. The van der Waals surface area contributed by atoms with Gasteiger partial charge in [-0.2, -0.15) is 0 Å². The minimum atomic E-state index is -2.83. The molecule has 1 N–H and O–H groups in total. The van der Waals surface area contributed by atoms with Crippen molar-refractivity contribution in [2.24, 2.45) is 5.92 Å². The van der Waals surface area contributed by atoms with Gasteiger partial charge < -0.3 is 5.32 Å². The molecule has 2 saturated heterocycles. The van der Waals surface area contributed by atoms with Gasteiger partial charge in [0, 0.05) is 12.1 Å². The maximum Gasteiger partial charge on any atom is 0.153 e. The van der Waals surface area contributed by atoms with Crippen molar-refractivity contribution in [2.45, 2.75) is 38.8 Å². The molecule has 0 radical (unpaired) electrons. The Morgan fingerprint density at radius 1 is 1.24 bits per heavy atom. The van der Waals surface area contributed by atoms with Crippen LogP contribution in [0.2, 0.25) is 0 Å². The molecule has 0 aromatic rings. The fourth-order valence-corrected chi connectivity index (χ4v) is 4.83. The molecular weight excluding hydrogens is 236 g/mol. The standard InChI is InChI=1S/C12H24N2O2S/c1-10(2)7-13-11-8-17(15,16)9-12(11)14-5-3-4-6-14/h10-13H,3-9H2,1-2H3. The molecule has 2 fully saturated rings. The number of hydrogen-bond acceptors (Lipinski definition) is 4. The predicted molar refractivity (Wildman–Crippen MR) is 69.9 cm³/mol. The molecule has 2 heterocycles. The van der Waals surface area contributed by atoms with Crippen LogP contribution in [0, 0.1) is 5.92 Å². The van der Waals surface area contributed by atoms with Gasteiger partial charge in [0.25, 0.3) is 0 Å². The molecule has 2 atom stereocenters. The van der Waals surface area contributed by atoms with Crippen LogP contribution in [0.3, 0.4) is 0 Å². The molecule has 0 bridgehead atoms. The third kappa shape index (κ3) is 3.42. The highest BCUT2D eigenvalue weighted by molar-refractivity contribution is 7.91. The number of likely N-dealkylation sites (tertiary alicyclic amines) is 1. The smallest absolute Gasteiger partial charge is 0.153 e. The fourth-order valence-electron chi connectivity index (χ4n) is 2.84. The molecule has 2 rings (SSSR count). The quantitative estimate of drug-likeness (QED) is 0.799. The summed E-state index contributed by atoms with van der Waals surface area (Å²) in [4.78, 5) is 2.36. The highest BCUT2D eigenvalue weighted by atomic mass is 32.2. The summed E-state index contributed by atoms with van der Waals surface area (Å²) in [6.07, 6.45) is 2.43. The lowest BCUT2D eigenvalue weighted by atomic mass is 10.1. The number of nitrogens with one attached hydrogen (secondary N) is 1. The van der Waals surface area contributed by atoms with Crippen LogP contribution in [-0.4, -0.2) is 56.5 Å². The maximum atomic E-state index is 11.8. The van der Waals surface area contributed by atoms with E-state index in [0.717, 1.165) is 19.6 Å². The monoisotopic (exact) mass is 260 g/mol. The molecule has 0 saturated carbocycles. The van der Waals surface area contributed by atoms with Crippen LogP contribution < -0.4 is 5.32 Å². The average Bonchev–Trinajstić information content (AvgIpc) is 2.81. The van der Waals surface area contributed by atoms with E-state index in [1.165, 1.54) is 12.8 Å². The SMILES string of the molecule is CC(C)CNC1CS(=O)(=O)CC1N1CCCC1. The lowest BCUT2D eigenvalue weighted by Gasteiger charge is -2.28. The summed E-state index contributed by atoms with van der Waals surface area (Å²) in [5.41, 5.74) is 0. The highest BCUT2D eigenvalue weighted by Crippen LogP contribution is 2.22. The van der Waals surface area contributed by atoms with Gasteiger partial charge in [0.05, 0.1) is 11.5 Å². The van der Waals surface area contributed by atoms with Crippen molar-refractivity contribution in [2.75, 3.05) is 31.1 Å². The van der Waals surface area contributed by atoms with Crippen molar-refractivity contribution >= 4 is 9.84 Å². The van der Waals surface area contributed by atoms with Crippen LogP contribution in [0.5, 0.6) is 0 Å². The van der Waals surface area contributed by atoms with Crippen molar-refractivity contribution in [1.29, 1.82) is 0 Å². The summed E-state index contributed by atoms with van der Waals surface area (Å²) in [6.45, 7) is 7.35. The molecule has 5 heteroatoms. The highest BCUT2D eigenvalue weighted by Gasteiger charge is 2.41. The van der Waals surface area contributed by atoms with Crippen molar-refractivity contribution in [3.8, 4) is 0 Å². The zero-order chi connectivity index (χ0) is 12.5. The molecule has 0 aromatic carbocycles. The molecule has 2 aliphatic heterocycles. The Hall–Kier alpha value is -0.130. The molecule has 100 valence electrons. The van der Waals surface area contributed by atoms with Crippen molar-refractivity contribution in [3.63, 3.8) is 0 Å². The van der Waals surface area contributed by atoms with Gasteiger partial charge in [-0.15, -0.1) is 0 Å². The third-order valence-corrected chi connectivity index (χ3v) is 5.44. The van der Waals surface area contributed by atoms with E-state index in [-0.39, 0.29) is 12.1 Å². The predicted octanol–water partition coefficient (Wildman–Crippen LogP) is 0.493. The summed E-state index contributed by atoms with van der Waals surface area (Å²) in [7, 11) is -2.83. The fraction of sp³-hybridized carbons (Fsp3) is 1.00. The number of hydrogen-bond donors (Lipinski definition) is 1. The van der Waals surface area contributed by atoms with Crippen LogP contribution in [0.1, 0.15) is 26.7 Å². The Bertz CT molecular complexity index is 348. The summed E-state index contributed by atoms with van der Waals surface area (Å²) in [5.74, 6) is 1.24. The van der Waals surface area contributed by atoms with Gasteiger partial charge in [-0.25, -0.2) is 8.42 Å². The normalized spacial score (nSPS) is 33.6. The molecule has 0 spiro atoms. The Morgan fingerprint density at radius 3 is 2.47 bits per heavy atom. The minimum absolute atomic E-state index is 0.139. The largest absolute Gasteiger partial charge is 0.311 e. The molecule has 17 heavy (non-hydrogen) atoms. The van der Waals surface area contributed by atoms with E-state index >= 15 is 0 Å². The average molecular weight is 260 g/mol. The Kier molecular flexibility index (Phi) is 4.10. The second-order valence-corrected chi connectivity index (χ2v) is 7.95. The molecule has 0 aromatic heterocycles.